The van der Waals surface area contributed by atoms with Crippen LogP contribution in [0, 0.1) is 0 Å². The number of rotatable bonds is 5. The first-order valence-electron chi connectivity index (χ1n) is 9.52. The minimum atomic E-state index is -0.297. The lowest BCUT2D eigenvalue weighted by Crippen LogP contribution is -2.49. The van der Waals surface area contributed by atoms with Crippen molar-refractivity contribution in [3.63, 3.8) is 0 Å². The Morgan fingerprint density at radius 2 is 1.72 bits per heavy atom. The third-order valence-corrected chi connectivity index (χ3v) is 4.71. The van der Waals surface area contributed by atoms with E-state index < -0.39 is 0 Å². The van der Waals surface area contributed by atoms with Gasteiger partial charge in [0.05, 0.1) is 24.1 Å². The van der Waals surface area contributed by atoms with Crippen molar-refractivity contribution >= 4 is 29.2 Å². The zero-order chi connectivity index (χ0) is 20.8. The minimum Gasteiger partial charge on any atom is -0.450 e. The molecule has 1 aromatic carbocycles. The van der Waals surface area contributed by atoms with E-state index in [9.17, 15) is 14.4 Å². The number of anilines is 2. The fourth-order valence-electron chi connectivity index (χ4n) is 3.08. The molecular weight excluding hydrogens is 372 g/mol. The SMILES string of the molecule is CCOC(=O)N1CCN(c2cncc(C(=O)Nc3ccc(C(C)=O)cc3)c2)CC1. The fraction of sp³-hybridized carbons (Fsp3) is 0.333. The summed E-state index contributed by atoms with van der Waals surface area (Å²) in [6.07, 6.45) is 2.92. The molecule has 0 unspecified atom stereocenters. The number of carbonyl (C=O) groups excluding carboxylic acids is 3. The van der Waals surface area contributed by atoms with Gasteiger partial charge in [0.1, 0.15) is 0 Å². The molecule has 2 aromatic rings. The van der Waals surface area contributed by atoms with E-state index in [4.69, 9.17) is 4.74 Å². The summed E-state index contributed by atoms with van der Waals surface area (Å²) in [5.74, 6) is -0.303. The summed E-state index contributed by atoms with van der Waals surface area (Å²) in [5, 5.41) is 2.81. The normalized spacial score (nSPS) is 13.7. The average molecular weight is 396 g/mol. The van der Waals surface area contributed by atoms with E-state index in [-0.39, 0.29) is 17.8 Å². The first-order valence-corrected chi connectivity index (χ1v) is 9.52. The highest BCUT2D eigenvalue weighted by Gasteiger charge is 2.22. The van der Waals surface area contributed by atoms with Crippen molar-refractivity contribution in [1.82, 2.24) is 9.88 Å². The highest BCUT2D eigenvalue weighted by molar-refractivity contribution is 6.05. The van der Waals surface area contributed by atoms with Gasteiger partial charge >= 0.3 is 6.09 Å². The Morgan fingerprint density at radius 3 is 2.34 bits per heavy atom. The van der Waals surface area contributed by atoms with Crippen molar-refractivity contribution in [2.75, 3.05) is 43.0 Å². The number of piperazine rings is 1. The molecule has 8 heteroatoms. The van der Waals surface area contributed by atoms with Gasteiger partial charge in [-0.15, -0.1) is 0 Å². The number of hydrogen-bond acceptors (Lipinski definition) is 6. The van der Waals surface area contributed by atoms with E-state index in [0.29, 0.717) is 49.6 Å². The number of aromatic nitrogens is 1. The van der Waals surface area contributed by atoms with Crippen LogP contribution in [0.5, 0.6) is 0 Å². The van der Waals surface area contributed by atoms with Crippen molar-refractivity contribution in [3.8, 4) is 0 Å². The van der Waals surface area contributed by atoms with Crippen LogP contribution in [0.15, 0.2) is 42.7 Å². The average Bonchev–Trinajstić information content (AvgIpc) is 2.74. The molecule has 0 saturated carbocycles. The summed E-state index contributed by atoms with van der Waals surface area (Å²) in [6, 6.07) is 8.53. The Labute approximate surface area is 169 Å². The van der Waals surface area contributed by atoms with Gasteiger partial charge in [0.2, 0.25) is 0 Å². The second kappa shape index (κ2) is 9.18. The number of nitrogens with zero attached hydrogens (tertiary/aromatic N) is 3. The van der Waals surface area contributed by atoms with Gasteiger partial charge in [-0.25, -0.2) is 4.79 Å². The van der Waals surface area contributed by atoms with Gasteiger partial charge in [0.15, 0.2) is 5.78 Å². The molecule has 1 aliphatic heterocycles. The van der Waals surface area contributed by atoms with Crippen molar-refractivity contribution < 1.29 is 19.1 Å². The molecule has 1 saturated heterocycles. The van der Waals surface area contributed by atoms with Gasteiger partial charge in [-0.1, -0.05) is 0 Å². The molecule has 2 amide bonds. The predicted molar refractivity (Wildman–Crippen MR) is 109 cm³/mol. The molecule has 1 aliphatic rings. The number of amides is 2. The molecule has 3 rings (SSSR count). The van der Waals surface area contributed by atoms with Crippen molar-refractivity contribution in [2.45, 2.75) is 13.8 Å². The van der Waals surface area contributed by atoms with Crippen LogP contribution in [-0.4, -0.2) is 60.5 Å². The van der Waals surface area contributed by atoms with E-state index in [1.807, 2.05) is 0 Å². The third kappa shape index (κ3) is 5.10. The summed E-state index contributed by atoms with van der Waals surface area (Å²) >= 11 is 0. The minimum absolute atomic E-state index is 0.0252. The van der Waals surface area contributed by atoms with Crippen LogP contribution in [0.4, 0.5) is 16.2 Å². The highest BCUT2D eigenvalue weighted by atomic mass is 16.6. The van der Waals surface area contributed by atoms with Crippen LogP contribution >= 0.6 is 0 Å². The molecule has 1 fully saturated rings. The standard InChI is InChI=1S/C21H24N4O4/c1-3-29-21(28)25-10-8-24(9-11-25)19-12-17(13-22-14-19)20(27)23-18-6-4-16(5-7-18)15(2)26/h4-7,12-14H,3,8-11H2,1-2H3,(H,23,27). The third-order valence-electron chi connectivity index (χ3n) is 4.71. The molecule has 0 atom stereocenters. The van der Waals surface area contributed by atoms with Crippen LogP contribution < -0.4 is 10.2 Å². The summed E-state index contributed by atoms with van der Waals surface area (Å²) in [4.78, 5) is 43.7. The Kier molecular flexibility index (Phi) is 6.43. The molecule has 0 radical (unpaired) electrons. The van der Waals surface area contributed by atoms with E-state index in [1.54, 1.807) is 48.4 Å². The van der Waals surface area contributed by atoms with E-state index >= 15 is 0 Å². The summed E-state index contributed by atoms with van der Waals surface area (Å²) < 4.78 is 5.03. The Balaban J connectivity index is 1.62. The number of benzene rings is 1. The van der Waals surface area contributed by atoms with Crippen LogP contribution in [0.1, 0.15) is 34.6 Å². The second-order valence-electron chi connectivity index (χ2n) is 6.69. The first-order chi connectivity index (χ1) is 14.0. The second-order valence-corrected chi connectivity index (χ2v) is 6.69. The van der Waals surface area contributed by atoms with Gasteiger partial charge in [-0.3, -0.25) is 14.6 Å². The number of hydrogen-bond donors (Lipinski definition) is 1. The fourth-order valence-corrected chi connectivity index (χ4v) is 3.08. The number of nitrogens with one attached hydrogen (secondary N) is 1. The van der Waals surface area contributed by atoms with Crippen LogP contribution in [0.2, 0.25) is 0 Å². The molecule has 8 nitrogen and oxygen atoms in total. The van der Waals surface area contributed by atoms with Gasteiger partial charge in [0.25, 0.3) is 5.91 Å². The maximum absolute atomic E-state index is 12.6. The summed E-state index contributed by atoms with van der Waals surface area (Å²) in [5.41, 5.74) is 2.46. The lowest BCUT2D eigenvalue weighted by Gasteiger charge is -2.35. The monoisotopic (exact) mass is 396 g/mol. The van der Waals surface area contributed by atoms with E-state index in [2.05, 4.69) is 15.2 Å². The Morgan fingerprint density at radius 1 is 1.03 bits per heavy atom. The van der Waals surface area contributed by atoms with Gasteiger partial charge in [-0.05, 0) is 44.2 Å². The zero-order valence-electron chi connectivity index (χ0n) is 16.6. The molecule has 0 bridgehead atoms. The molecule has 152 valence electrons. The quantitative estimate of drug-likeness (QED) is 0.782. The molecule has 0 spiro atoms. The maximum Gasteiger partial charge on any atom is 0.409 e. The molecule has 1 aromatic heterocycles. The van der Waals surface area contributed by atoms with Crippen molar-refractivity contribution in [1.29, 1.82) is 0 Å². The lowest BCUT2D eigenvalue weighted by atomic mass is 10.1. The zero-order valence-corrected chi connectivity index (χ0v) is 16.6. The lowest BCUT2D eigenvalue weighted by molar-refractivity contribution is 0.101. The number of ether oxygens (including phenoxy) is 1. The van der Waals surface area contributed by atoms with Crippen LogP contribution in [-0.2, 0) is 4.74 Å². The number of pyridine rings is 1. The molecule has 2 heterocycles. The summed E-state index contributed by atoms with van der Waals surface area (Å²) in [7, 11) is 0. The topological polar surface area (TPSA) is 91.8 Å². The molecule has 29 heavy (non-hydrogen) atoms. The predicted octanol–water partition coefficient (Wildman–Crippen LogP) is 2.82. The van der Waals surface area contributed by atoms with Crippen molar-refractivity contribution in [2.24, 2.45) is 0 Å². The van der Waals surface area contributed by atoms with Crippen LogP contribution in [0.3, 0.4) is 0 Å². The van der Waals surface area contributed by atoms with Crippen LogP contribution in [0.25, 0.3) is 0 Å². The molecular formula is C21H24N4O4. The Bertz CT molecular complexity index is 890. The van der Waals surface area contributed by atoms with Gasteiger partial charge in [0, 0.05) is 43.6 Å². The first kappa shape index (κ1) is 20.3. The largest absolute Gasteiger partial charge is 0.450 e. The number of carbonyl (C=O) groups is 3. The number of ketones is 1. The highest BCUT2D eigenvalue weighted by Crippen LogP contribution is 2.18. The molecule has 0 aliphatic carbocycles. The molecule has 1 N–H and O–H groups in total. The van der Waals surface area contributed by atoms with Gasteiger partial charge in [-0.2, -0.15) is 0 Å². The maximum atomic E-state index is 12.6. The Hall–Kier alpha value is -3.42. The smallest absolute Gasteiger partial charge is 0.409 e. The number of Topliss-reactive ketones (excluding diaryl/α,β-unsaturated/α-hetero) is 1. The van der Waals surface area contributed by atoms with Gasteiger partial charge < -0.3 is 19.9 Å². The van der Waals surface area contributed by atoms with Crippen molar-refractivity contribution in [3.05, 3.63) is 53.9 Å². The van der Waals surface area contributed by atoms with E-state index in [1.165, 1.54) is 13.1 Å². The van der Waals surface area contributed by atoms with E-state index in [0.717, 1.165) is 5.69 Å². The summed E-state index contributed by atoms with van der Waals surface area (Å²) in [6.45, 7) is 6.02.